The lowest BCUT2D eigenvalue weighted by molar-refractivity contribution is 0.0832. The maximum Gasteiger partial charge on any atom is 0.126 e. The number of aliphatic hydroxyl groups is 2. The molecule has 2 aliphatic rings. The SMILES string of the molecule is CCc1cccc2c1O[C@H]1C[C@@H](O)[C@H](CO)[C@@H]21. The summed E-state index contributed by atoms with van der Waals surface area (Å²) in [5.41, 5.74) is 2.40. The number of hydrogen-bond acceptors (Lipinski definition) is 3. The third-order valence-corrected chi connectivity index (χ3v) is 4.18. The van der Waals surface area contributed by atoms with Crippen molar-refractivity contribution in [2.75, 3.05) is 6.61 Å². The minimum Gasteiger partial charge on any atom is -0.489 e. The Bertz CT molecular complexity index is 429. The average molecular weight is 234 g/mol. The lowest BCUT2D eigenvalue weighted by Crippen LogP contribution is -2.22. The van der Waals surface area contributed by atoms with E-state index in [1.807, 2.05) is 6.07 Å². The van der Waals surface area contributed by atoms with E-state index in [9.17, 15) is 10.2 Å². The molecule has 0 amide bonds. The Hall–Kier alpha value is -1.06. The van der Waals surface area contributed by atoms with E-state index in [2.05, 4.69) is 19.1 Å². The monoisotopic (exact) mass is 234 g/mol. The molecular formula is C14H18O3. The molecule has 1 aliphatic carbocycles. The van der Waals surface area contributed by atoms with Gasteiger partial charge in [0.25, 0.3) is 0 Å². The second-order valence-electron chi connectivity index (χ2n) is 5.02. The van der Waals surface area contributed by atoms with Gasteiger partial charge >= 0.3 is 0 Å². The van der Waals surface area contributed by atoms with Gasteiger partial charge in [0.1, 0.15) is 11.9 Å². The van der Waals surface area contributed by atoms with Gasteiger partial charge in [-0.3, -0.25) is 0 Å². The average Bonchev–Trinajstić information content (AvgIpc) is 2.83. The zero-order chi connectivity index (χ0) is 12.0. The van der Waals surface area contributed by atoms with Crippen LogP contribution in [-0.2, 0) is 6.42 Å². The topological polar surface area (TPSA) is 49.7 Å². The number of aryl methyl sites for hydroxylation is 1. The Morgan fingerprint density at radius 3 is 2.94 bits per heavy atom. The molecule has 1 aromatic carbocycles. The van der Waals surface area contributed by atoms with Crippen LogP contribution in [0.2, 0.25) is 0 Å². The van der Waals surface area contributed by atoms with E-state index >= 15 is 0 Å². The van der Waals surface area contributed by atoms with Crippen molar-refractivity contribution < 1.29 is 14.9 Å². The van der Waals surface area contributed by atoms with Crippen molar-refractivity contribution in [3.63, 3.8) is 0 Å². The molecule has 1 saturated carbocycles. The van der Waals surface area contributed by atoms with Crippen molar-refractivity contribution in [1.82, 2.24) is 0 Å². The van der Waals surface area contributed by atoms with E-state index in [0.29, 0.717) is 6.42 Å². The molecule has 1 aliphatic heterocycles. The maximum atomic E-state index is 9.91. The number of benzene rings is 1. The summed E-state index contributed by atoms with van der Waals surface area (Å²) in [6, 6.07) is 6.20. The summed E-state index contributed by atoms with van der Waals surface area (Å²) < 4.78 is 5.98. The number of fused-ring (bicyclic) bond motifs is 3. The summed E-state index contributed by atoms with van der Waals surface area (Å²) >= 11 is 0. The highest BCUT2D eigenvalue weighted by Gasteiger charge is 2.49. The summed E-state index contributed by atoms with van der Waals surface area (Å²) in [5.74, 6) is 1.08. The highest BCUT2D eigenvalue weighted by molar-refractivity contribution is 5.48. The van der Waals surface area contributed by atoms with Crippen molar-refractivity contribution in [2.45, 2.75) is 37.9 Å². The van der Waals surface area contributed by atoms with Gasteiger partial charge in [-0.15, -0.1) is 0 Å². The lowest BCUT2D eigenvalue weighted by Gasteiger charge is -2.17. The van der Waals surface area contributed by atoms with Crippen LogP contribution in [0.5, 0.6) is 5.75 Å². The van der Waals surface area contributed by atoms with Crippen LogP contribution < -0.4 is 4.74 Å². The Kier molecular flexibility index (Phi) is 2.60. The van der Waals surface area contributed by atoms with Crippen LogP contribution in [0.15, 0.2) is 18.2 Å². The number of para-hydroxylation sites is 1. The van der Waals surface area contributed by atoms with Gasteiger partial charge in [0.15, 0.2) is 0 Å². The van der Waals surface area contributed by atoms with Gasteiger partial charge in [-0.25, -0.2) is 0 Å². The Morgan fingerprint density at radius 1 is 1.41 bits per heavy atom. The van der Waals surface area contributed by atoms with Crippen molar-refractivity contribution in [3.8, 4) is 5.75 Å². The zero-order valence-electron chi connectivity index (χ0n) is 9.97. The first-order chi connectivity index (χ1) is 8.26. The summed E-state index contributed by atoms with van der Waals surface area (Å²) in [7, 11) is 0. The van der Waals surface area contributed by atoms with Gasteiger partial charge < -0.3 is 14.9 Å². The van der Waals surface area contributed by atoms with Gasteiger partial charge in [0.05, 0.1) is 6.10 Å². The molecule has 0 aromatic heterocycles. The molecule has 3 nitrogen and oxygen atoms in total. The highest BCUT2D eigenvalue weighted by Crippen LogP contribution is 2.51. The van der Waals surface area contributed by atoms with Crippen LogP contribution in [0, 0.1) is 5.92 Å². The quantitative estimate of drug-likeness (QED) is 0.814. The van der Waals surface area contributed by atoms with Crippen LogP contribution >= 0.6 is 0 Å². The van der Waals surface area contributed by atoms with Gasteiger partial charge in [-0.05, 0) is 12.0 Å². The van der Waals surface area contributed by atoms with E-state index in [-0.39, 0.29) is 24.5 Å². The molecule has 0 bridgehead atoms. The predicted octanol–water partition coefficient (Wildman–Crippen LogP) is 1.47. The normalized spacial score (nSPS) is 34.3. The first kappa shape index (κ1) is 11.1. The fourth-order valence-electron chi connectivity index (χ4n) is 3.30. The maximum absolute atomic E-state index is 9.91. The number of ether oxygens (including phenoxy) is 1. The van der Waals surface area contributed by atoms with Gasteiger partial charge in [-0.2, -0.15) is 0 Å². The zero-order valence-corrected chi connectivity index (χ0v) is 9.97. The van der Waals surface area contributed by atoms with E-state index < -0.39 is 6.10 Å². The van der Waals surface area contributed by atoms with Crippen molar-refractivity contribution in [1.29, 1.82) is 0 Å². The predicted molar refractivity (Wildman–Crippen MR) is 64.2 cm³/mol. The molecule has 1 fully saturated rings. The Labute approximate surface area is 101 Å². The van der Waals surface area contributed by atoms with Crippen LogP contribution in [0.1, 0.15) is 30.4 Å². The largest absolute Gasteiger partial charge is 0.489 e. The van der Waals surface area contributed by atoms with E-state index in [1.165, 1.54) is 11.1 Å². The standard InChI is InChI=1S/C14H18O3/c1-2-8-4-3-5-9-13-10(7-15)11(16)6-12(13)17-14(8)9/h3-5,10-13,15-16H,2,6-7H2,1H3/t10-,11+,12-,13+/m0/s1. The van der Waals surface area contributed by atoms with Gasteiger partial charge in [0.2, 0.25) is 0 Å². The molecule has 0 saturated heterocycles. The molecular weight excluding hydrogens is 216 g/mol. The number of rotatable bonds is 2. The van der Waals surface area contributed by atoms with Gasteiger partial charge in [-0.1, -0.05) is 25.1 Å². The van der Waals surface area contributed by atoms with Crippen molar-refractivity contribution in [2.24, 2.45) is 5.92 Å². The molecule has 0 unspecified atom stereocenters. The summed E-state index contributed by atoms with van der Waals surface area (Å²) in [5, 5.41) is 19.3. The van der Waals surface area contributed by atoms with E-state index in [4.69, 9.17) is 4.74 Å². The molecule has 0 spiro atoms. The molecule has 2 N–H and O–H groups in total. The third-order valence-electron chi connectivity index (χ3n) is 4.18. The van der Waals surface area contributed by atoms with Crippen LogP contribution in [0.4, 0.5) is 0 Å². The Morgan fingerprint density at radius 2 is 2.24 bits per heavy atom. The number of hydrogen-bond donors (Lipinski definition) is 2. The molecule has 4 atom stereocenters. The first-order valence-electron chi connectivity index (χ1n) is 6.33. The van der Waals surface area contributed by atoms with Gasteiger partial charge in [0, 0.05) is 30.4 Å². The summed E-state index contributed by atoms with van der Waals surface area (Å²) in [6.07, 6.45) is 1.20. The second-order valence-corrected chi connectivity index (χ2v) is 5.02. The summed E-state index contributed by atoms with van der Waals surface area (Å²) in [4.78, 5) is 0. The second kappa shape index (κ2) is 4.00. The fraction of sp³-hybridized carbons (Fsp3) is 0.571. The third kappa shape index (κ3) is 1.49. The minimum atomic E-state index is -0.437. The van der Waals surface area contributed by atoms with Crippen molar-refractivity contribution >= 4 is 0 Å². The molecule has 1 aromatic rings. The molecule has 92 valence electrons. The highest BCUT2D eigenvalue weighted by atomic mass is 16.5. The van der Waals surface area contributed by atoms with Crippen LogP contribution in [0.3, 0.4) is 0 Å². The van der Waals surface area contributed by atoms with Crippen LogP contribution in [-0.4, -0.2) is 29.0 Å². The first-order valence-corrected chi connectivity index (χ1v) is 6.33. The fourth-order valence-corrected chi connectivity index (χ4v) is 3.30. The minimum absolute atomic E-state index is 0.0293. The molecule has 17 heavy (non-hydrogen) atoms. The molecule has 1 heterocycles. The molecule has 3 heteroatoms. The Balaban J connectivity index is 2.03. The lowest BCUT2D eigenvalue weighted by atomic mass is 9.87. The smallest absolute Gasteiger partial charge is 0.126 e. The molecule has 0 radical (unpaired) electrons. The molecule has 3 rings (SSSR count). The number of aliphatic hydroxyl groups excluding tert-OH is 2. The van der Waals surface area contributed by atoms with Crippen LogP contribution in [0.25, 0.3) is 0 Å². The van der Waals surface area contributed by atoms with Crippen molar-refractivity contribution in [3.05, 3.63) is 29.3 Å². The van der Waals surface area contributed by atoms with E-state index in [1.54, 1.807) is 0 Å². The van der Waals surface area contributed by atoms with E-state index in [0.717, 1.165) is 12.2 Å². The summed E-state index contributed by atoms with van der Waals surface area (Å²) in [6.45, 7) is 2.15.